The minimum atomic E-state index is -0.171. The summed E-state index contributed by atoms with van der Waals surface area (Å²) in [5.41, 5.74) is 2.96. The highest BCUT2D eigenvalue weighted by molar-refractivity contribution is 7.17. The first kappa shape index (κ1) is 19.3. The molecule has 2 aromatic heterocycles. The Kier molecular flexibility index (Phi) is 6.06. The van der Waals surface area contributed by atoms with Crippen molar-refractivity contribution in [3.63, 3.8) is 0 Å². The van der Waals surface area contributed by atoms with Crippen molar-refractivity contribution in [3.8, 4) is 11.1 Å². The molecule has 3 rings (SSSR count). The lowest BCUT2D eigenvalue weighted by Crippen LogP contribution is -2.32. The van der Waals surface area contributed by atoms with E-state index >= 15 is 0 Å². The van der Waals surface area contributed by atoms with Crippen molar-refractivity contribution in [2.45, 2.75) is 46.1 Å². The Labute approximate surface area is 163 Å². The molecule has 0 aliphatic carbocycles. The van der Waals surface area contributed by atoms with Crippen LogP contribution in [0.4, 0.5) is 0 Å². The minimum absolute atomic E-state index is 0.00688. The smallest absolute Gasteiger partial charge is 0.263 e. The van der Waals surface area contributed by atoms with Crippen LogP contribution in [0.15, 0.2) is 40.8 Å². The quantitative estimate of drug-likeness (QED) is 0.623. The SMILES string of the molecule is CCCCNC(=O)Cn1cnc2scc(-c3ccc(C(C)C)cc3)c2c1=O. The lowest BCUT2D eigenvalue weighted by Gasteiger charge is -2.08. The molecule has 142 valence electrons. The molecule has 0 saturated heterocycles. The average Bonchev–Trinajstić information content (AvgIpc) is 3.09. The number of carbonyl (C=O) groups is 1. The summed E-state index contributed by atoms with van der Waals surface area (Å²) in [7, 11) is 0. The van der Waals surface area contributed by atoms with Crippen molar-refractivity contribution in [2.24, 2.45) is 0 Å². The third-order valence-corrected chi connectivity index (χ3v) is 5.50. The second-order valence-corrected chi connectivity index (χ2v) is 7.85. The van der Waals surface area contributed by atoms with Crippen molar-refractivity contribution < 1.29 is 4.79 Å². The van der Waals surface area contributed by atoms with E-state index in [4.69, 9.17) is 0 Å². The van der Waals surface area contributed by atoms with Crippen LogP contribution in [0, 0.1) is 0 Å². The molecule has 0 aliphatic heterocycles. The summed E-state index contributed by atoms with van der Waals surface area (Å²) in [5.74, 6) is 0.299. The first-order valence-corrected chi connectivity index (χ1v) is 10.2. The number of rotatable bonds is 7. The number of thiophene rings is 1. The average molecular weight is 384 g/mol. The topological polar surface area (TPSA) is 64.0 Å². The Balaban J connectivity index is 1.92. The molecule has 3 aromatic rings. The number of nitrogens with zero attached hydrogens (tertiary/aromatic N) is 2. The molecule has 1 N–H and O–H groups in total. The van der Waals surface area contributed by atoms with E-state index in [0.29, 0.717) is 22.7 Å². The van der Waals surface area contributed by atoms with Gasteiger partial charge in [-0.05, 0) is 23.5 Å². The lowest BCUT2D eigenvalue weighted by atomic mass is 9.99. The van der Waals surface area contributed by atoms with Gasteiger partial charge in [0.05, 0.1) is 11.7 Å². The molecule has 0 fully saturated rings. The van der Waals surface area contributed by atoms with E-state index in [1.54, 1.807) is 0 Å². The van der Waals surface area contributed by atoms with E-state index in [-0.39, 0.29) is 18.0 Å². The zero-order valence-electron chi connectivity index (χ0n) is 16.0. The molecule has 0 aliphatic rings. The summed E-state index contributed by atoms with van der Waals surface area (Å²) in [6.07, 6.45) is 3.41. The monoisotopic (exact) mass is 383 g/mol. The fourth-order valence-corrected chi connectivity index (χ4v) is 3.86. The third-order valence-electron chi connectivity index (χ3n) is 4.62. The maximum absolute atomic E-state index is 13.0. The summed E-state index contributed by atoms with van der Waals surface area (Å²) in [4.78, 5) is 30.1. The first-order valence-electron chi connectivity index (χ1n) is 9.35. The minimum Gasteiger partial charge on any atom is -0.355 e. The van der Waals surface area contributed by atoms with Crippen LogP contribution in [0.3, 0.4) is 0 Å². The summed E-state index contributed by atoms with van der Waals surface area (Å²) < 4.78 is 1.39. The predicted molar refractivity (Wildman–Crippen MR) is 111 cm³/mol. The second-order valence-electron chi connectivity index (χ2n) is 6.99. The first-order chi connectivity index (χ1) is 13.0. The zero-order chi connectivity index (χ0) is 19.4. The third kappa shape index (κ3) is 4.27. The number of hydrogen-bond acceptors (Lipinski definition) is 4. The van der Waals surface area contributed by atoms with Gasteiger partial charge in [-0.3, -0.25) is 14.2 Å². The fourth-order valence-electron chi connectivity index (χ4n) is 2.96. The van der Waals surface area contributed by atoms with Gasteiger partial charge in [-0.25, -0.2) is 4.98 Å². The number of nitrogens with one attached hydrogen (secondary N) is 1. The molecule has 0 atom stereocenters. The maximum Gasteiger partial charge on any atom is 0.263 e. The van der Waals surface area contributed by atoms with E-state index in [1.807, 2.05) is 17.5 Å². The van der Waals surface area contributed by atoms with Gasteiger partial charge in [-0.15, -0.1) is 11.3 Å². The molecule has 0 saturated carbocycles. The summed E-state index contributed by atoms with van der Waals surface area (Å²) in [6, 6.07) is 8.29. The summed E-state index contributed by atoms with van der Waals surface area (Å²) in [5, 5.41) is 5.39. The summed E-state index contributed by atoms with van der Waals surface area (Å²) in [6.45, 7) is 7.01. The molecule has 1 aromatic carbocycles. The lowest BCUT2D eigenvalue weighted by molar-refractivity contribution is -0.121. The van der Waals surface area contributed by atoms with Crippen LogP contribution in [0.1, 0.15) is 45.1 Å². The Morgan fingerprint density at radius 1 is 1.26 bits per heavy atom. The summed E-state index contributed by atoms with van der Waals surface area (Å²) >= 11 is 1.45. The Morgan fingerprint density at radius 2 is 2.00 bits per heavy atom. The maximum atomic E-state index is 13.0. The molecule has 0 spiro atoms. The van der Waals surface area contributed by atoms with Gasteiger partial charge in [0.25, 0.3) is 5.56 Å². The molecule has 0 bridgehead atoms. The zero-order valence-corrected chi connectivity index (χ0v) is 16.8. The number of benzene rings is 1. The van der Waals surface area contributed by atoms with E-state index in [0.717, 1.165) is 24.0 Å². The number of aromatic nitrogens is 2. The fraction of sp³-hybridized carbons (Fsp3) is 0.381. The highest BCUT2D eigenvalue weighted by Crippen LogP contribution is 2.31. The van der Waals surface area contributed by atoms with Gasteiger partial charge in [0.1, 0.15) is 11.4 Å². The number of fused-ring (bicyclic) bond motifs is 1. The second kappa shape index (κ2) is 8.48. The predicted octanol–water partition coefficient (Wildman–Crippen LogP) is 4.16. The molecule has 2 heterocycles. The van der Waals surface area contributed by atoms with Gasteiger partial charge in [0, 0.05) is 17.5 Å². The van der Waals surface area contributed by atoms with E-state index in [2.05, 4.69) is 43.2 Å². The van der Waals surface area contributed by atoms with Crippen molar-refractivity contribution in [1.82, 2.24) is 14.9 Å². The Morgan fingerprint density at radius 3 is 2.67 bits per heavy atom. The van der Waals surface area contributed by atoms with Crippen LogP contribution in [-0.4, -0.2) is 22.0 Å². The largest absolute Gasteiger partial charge is 0.355 e. The van der Waals surface area contributed by atoms with Gasteiger partial charge >= 0.3 is 0 Å². The molecular formula is C21H25N3O2S. The van der Waals surface area contributed by atoms with Crippen LogP contribution in [0.25, 0.3) is 21.3 Å². The van der Waals surface area contributed by atoms with Crippen molar-refractivity contribution in [3.05, 3.63) is 51.9 Å². The van der Waals surface area contributed by atoms with Gasteiger partial charge < -0.3 is 5.32 Å². The van der Waals surface area contributed by atoms with E-state index < -0.39 is 0 Å². The highest BCUT2D eigenvalue weighted by atomic mass is 32.1. The van der Waals surface area contributed by atoms with Crippen LogP contribution in [-0.2, 0) is 11.3 Å². The van der Waals surface area contributed by atoms with Crippen molar-refractivity contribution in [1.29, 1.82) is 0 Å². The standard InChI is InChI=1S/C21H25N3O2S/c1-4-5-10-22-18(25)11-24-13-23-20-19(21(24)26)17(12-27-20)16-8-6-15(7-9-16)14(2)3/h6-9,12-14H,4-5,10-11H2,1-3H3,(H,22,25). The molecule has 1 amide bonds. The van der Waals surface area contributed by atoms with Gasteiger partial charge in [0.2, 0.25) is 5.91 Å². The molecule has 0 radical (unpaired) electrons. The van der Waals surface area contributed by atoms with Crippen LogP contribution in [0.2, 0.25) is 0 Å². The van der Waals surface area contributed by atoms with E-state index in [1.165, 1.54) is 27.8 Å². The van der Waals surface area contributed by atoms with Crippen LogP contribution < -0.4 is 10.9 Å². The molecule has 6 heteroatoms. The Bertz CT molecular complexity index is 987. The molecule has 5 nitrogen and oxygen atoms in total. The molecule has 0 unspecified atom stereocenters. The van der Waals surface area contributed by atoms with Crippen LogP contribution in [0.5, 0.6) is 0 Å². The number of amides is 1. The van der Waals surface area contributed by atoms with E-state index in [9.17, 15) is 9.59 Å². The van der Waals surface area contributed by atoms with Crippen molar-refractivity contribution >= 4 is 27.5 Å². The highest BCUT2D eigenvalue weighted by Gasteiger charge is 2.15. The number of unbranched alkanes of at least 4 members (excludes halogenated alkanes) is 1. The van der Waals surface area contributed by atoms with Gasteiger partial charge in [0.15, 0.2) is 0 Å². The molecular weight excluding hydrogens is 358 g/mol. The van der Waals surface area contributed by atoms with Gasteiger partial charge in [-0.1, -0.05) is 51.5 Å². The van der Waals surface area contributed by atoms with Crippen molar-refractivity contribution in [2.75, 3.05) is 6.54 Å². The number of hydrogen-bond donors (Lipinski definition) is 1. The normalized spacial score (nSPS) is 11.3. The number of carbonyl (C=O) groups excluding carboxylic acids is 1. The molecule has 27 heavy (non-hydrogen) atoms. The Hall–Kier alpha value is -2.47. The van der Waals surface area contributed by atoms with Crippen LogP contribution >= 0.6 is 11.3 Å². The van der Waals surface area contributed by atoms with Gasteiger partial charge in [-0.2, -0.15) is 0 Å².